The van der Waals surface area contributed by atoms with Gasteiger partial charge in [-0.15, -0.1) is 0 Å². The van der Waals surface area contributed by atoms with E-state index in [0.29, 0.717) is 97.2 Å². The number of nitrogens with two attached hydrogens (primary N) is 16. The van der Waals surface area contributed by atoms with Crippen LogP contribution in [0.2, 0.25) is 0 Å². The van der Waals surface area contributed by atoms with Gasteiger partial charge >= 0.3 is 0 Å². The lowest BCUT2D eigenvalue weighted by molar-refractivity contribution is 0.118. The van der Waals surface area contributed by atoms with Crippen LogP contribution in [-0.4, -0.2) is 99.7 Å². The molecule has 0 bridgehead atoms. The summed E-state index contributed by atoms with van der Waals surface area (Å²) in [5, 5.41) is 0. The van der Waals surface area contributed by atoms with Gasteiger partial charge in [-0.25, -0.2) is 0 Å². The van der Waals surface area contributed by atoms with Crippen molar-refractivity contribution in [2.45, 2.75) is 327 Å². The van der Waals surface area contributed by atoms with Crippen molar-refractivity contribution in [3.05, 3.63) is 0 Å². The predicted octanol–water partition coefficient (Wildman–Crippen LogP) is 8.19. The fourth-order valence-corrected chi connectivity index (χ4v) is 15.5. The van der Waals surface area contributed by atoms with E-state index in [4.69, 9.17) is 91.7 Å². The van der Waals surface area contributed by atoms with E-state index in [0.717, 1.165) is 131 Å². The Balaban J connectivity index is 0.000000508. The summed E-state index contributed by atoms with van der Waals surface area (Å²) in [5.74, 6) is 9.93. The number of unbranched alkanes of at least 4 members (excludes halogenated alkanes) is 4. The summed E-state index contributed by atoms with van der Waals surface area (Å²) in [7, 11) is 0. The quantitative estimate of drug-likeness (QED) is 0.0687. The van der Waals surface area contributed by atoms with Crippen molar-refractivity contribution < 1.29 is 0 Å². The molecule has 0 spiro atoms. The van der Waals surface area contributed by atoms with Crippen molar-refractivity contribution in [1.29, 1.82) is 0 Å². The van der Waals surface area contributed by atoms with Crippen LogP contribution in [-0.2, 0) is 0 Å². The normalized spacial score (nSPS) is 38.2. The molecule has 0 radical (unpaired) electrons. The Morgan fingerprint density at radius 3 is 0.729 bits per heavy atom. The molecule has 0 heterocycles. The second-order valence-electron chi connectivity index (χ2n) is 29.9. The van der Waals surface area contributed by atoms with Gasteiger partial charge in [0.2, 0.25) is 0 Å². The van der Waals surface area contributed by atoms with Crippen LogP contribution < -0.4 is 91.7 Å². The average Bonchev–Trinajstić information content (AvgIpc) is 3.57. The first-order valence-corrected chi connectivity index (χ1v) is 36.3. The molecule has 16 heteroatoms. The van der Waals surface area contributed by atoms with Crippen molar-refractivity contribution in [1.82, 2.24) is 0 Å². The summed E-state index contributed by atoms with van der Waals surface area (Å²) in [6.07, 6.45) is 44.2. The largest absolute Gasteiger partial charge is 0.330 e. The van der Waals surface area contributed by atoms with E-state index in [1.165, 1.54) is 167 Å². The van der Waals surface area contributed by atoms with E-state index in [1.54, 1.807) is 0 Å². The van der Waals surface area contributed by atoms with Crippen molar-refractivity contribution in [2.24, 2.45) is 163 Å². The van der Waals surface area contributed by atoms with E-state index in [-0.39, 0.29) is 0 Å². The highest BCUT2D eigenvalue weighted by molar-refractivity contribution is 4.90. The first kappa shape index (κ1) is 82.4. The highest BCUT2D eigenvalue weighted by Crippen LogP contribution is 2.42. The Morgan fingerprint density at radius 2 is 0.471 bits per heavy atom. The minimum absolute atomic E-state index is 0.388. The fraction of sp³-hybridized carbons (Fsp3) is 1.00. The van der Waals surface area contributed by atoms with Crippen molar-refractivity contribution >= 4 is 0 Å². The molecule has 12 atom stereocenters. The van der Waals surface area contributed by atoms with Gasteiger partial charge in [-0.2, -0.15) is 0 Å². The van der Waals surface area contributed by atoms with Gasteiger partial charge in [-0.05, 0) is 303 Å². The molecule has 8 fully saturated rings. The zero-order valence-corrected chi connectivity index (χ0v) is 56.9. The molecule has 8 aliphatic rings. The Kier molecular flexibility index (Phi) is 48.4. The maximum atomic E-state index is 6.26. The number of rotatable bonds is 15. The van der Waals surface area contributed by atoms with Gasteiger partial charge < -0.3 is 91.7 Å². The Morgan fingerprint density at radius 1 is 0.224 bits per heavy atom. The fourth-order valence-electron chi connectivity index (χ4n) is 15.5. The third-order valence-electron chi connectivity index (χ3n) is 21.5. The molecule has 8 saturated carbocycles. The van der Waals surface area contributed by atoms with Gasteiger partial charge in [0, 0.05) is 73.5 Å². The third-order valence-corrected chi connectivity index (χ3v) is 21.5. The van der Waals surface area contributed by atoms with E-state index in [1.807, 2.05) is 0 Å². The van der Waals surface area contributed by atoms with Crippen molar-refractivity contribution in [2.75, 3.05) is 39.3 Å². The molecule has 8 rings (SSSR count). The number of hydrogen-bond acceptors (Lipinski definition) is 16. The summed E-state index contributed by atoms with van der Waals surface area (Å²) >= 11 is 0. The van der Waals surface area contributed by atoms with E-state index < -0.39 is 0 Å². The molecule has 0 amide bonds. The summed E-state index contributed by atoms with van der Waals surface area (Å²) in [4.78, 5) is 0. The Hall–Kier alpha value is -0.640. The Labute approximate surface area is 526 Å². The highest BCUT2D eigenvalue weighted by Gasteiger charge is 2.36. The molecular formula is C69H154N16. The summed E-state index contributed by atoms with van der Waals surface area (Å²) in [5.41, 5.74) is 89.8. The molecule has 0 saturated heterocycles. The van der Waals surface area contributed by atoms with Crippen molar-refractivity contribution in [3.8, 4) is 0 Å². The SMILES string of the molecule is CC1CC(CC2CC(C)C(N)C(C)C2)CC(C)C1N.CC1CC(CC2CCC(N)C(C)C2)CCC1N.NC1CCC(CC2CCC(N)CC2)CC1.NC1CCC(N)CC1.NC1CCCC(N)C1.NCCCCCCN.NCCCCN.NCCN. The maximum Gasteiger partial charge on any atom is 0.00905 e. The average molecular weight is 1210 g/mol. The van der Waals surface area contributed by atoms with Crippen LogP contribution in [0.15, 0.2) is 0 Å². The zero-order chi connectivity index (χ0) is 63.7. The second kappa shape index (κ2) is 50.0. The highest BCUT2D eigenvalue weighted by atomic mass is 14.7. The predicted molar refractivity (Wildman–Crippen MR) is 372 cm³/mol. The molecule has 0 aromatic heterocycles. The molecule has 16 nitrogen and oxygen atoms in total. The van der Waals surface area contributed by atoms with Gasteiger partial charge in [-0.1, -0.05) is 60.8 Å². The van der Waals surface area contributed by atoms with Crippen LogP contribution in [0.5, 0.6) is 0 Å². The second-order valence-corrected chi connectivity index (χ2v) is 29.9. The standard InChI is InChI=1S/C17H34N2.C15H30N2.C13H26N2.2C6H14N2.C6H16N2.C4H12N2.C2H8N2/c1-10-5-14(6-11(2)16(10)18)9-15-7-12(3)17(19)13(4)8-15;1-10-7-12(3-5-14(10)16)9-13-4-6-15(17)11(2)8-13;14-12-5-1-10(2-6-12)9-11-3-7-13(15)8-4-11;7-5-1-2-6(8)4-3-5;7-5-2-1-3-6(8)4-5;7-5-3-1-2-4-6-8;5-3-1-2-4-6;3-1-2-4/h10-17H,5-9,18-19H2,1-4H3;10-15H,3-9,16-17H2,1-2H3;10-13H,1-9,14-15H2;2*5-6H,1-4,7-8H2;1-8H2;1-6H2;1-4H2. The maximum absolute atomic E-state index is 6.26. The zero-order valence-electron chi connectivity index (χ0n) is 56.9. The van der Waals surface area contributed by atoms with E-state index in [9.17, 15) is 0 Å². The summed E-state index contributed by atoms with van der Waals surface area (Å²) < 4.78 is 0. The van der Waals surface area contributed by atoms with E-state index in [2.05, 4.69) is 41.5 Å². The van der Waals surface area contributed by atoms with Crippen LogP contribution in [0.1, 0.15) is 266 Å². The lowest BCUT2D eigenvalue weighted by Gasteiger charge is -2.42. The summed E-state index contributed by atoms with van der Waals surface area (Å²) in [6.45, 7) is 18.4. The molecule has 32 N–H and O–H groups in total. The van der Waals surface area contributed by atoms with Crippen LogP contribution in [0.25, 0.3) is 0 Å². The van der Waals surface area contributed by atoms with Crippen LogP contribution in [0, 0.1) is 71.0 Å². The van der Waals surface area contributed by atoms with Crippen molar-refractivity contribution in [3.63, 3.8) is 0 Å². The van der Waals surface area contributed by atoms with Gasteiger partial charge in [0.25, 0.3) is 0 Å². The lowest BCUT2D eigenvalue weighted by Crippen LogP contribution is -2.43. The van der Waals surface area contributed by atoms with E-state index >= 15 is 0 Å². The van der Waals surface area contributed by atoms with Gasteiger partial charge in [0.1, 0.15) is 0 Å². The number of hydrogen-bond donors (Lipinski definition) is 16. The third kappa shape index (κ3) is 39.4. The molecule has 85 heavy (non-hydrogen) atoms. The molecular weight excluding hydrogens is 1050 g/mol. The first-order valence-electron chi connectivity index (χ1n) is 36.3. The topological polar surface area (TPSA) is 416 Å². The molecule has 8 aliphatic carbocycles. The monoisotopic (exact) mass is 1210 g/mol. The summed E-state index contributed by atoms with van der Waals surface area (Å²) in [6, 6.07) is 4.43. The first-order chi connectivity index (χ1) is 40.5. The van der Waals surface area contributed by atoms with Gasteiger partial charge in [-0.3, -0.25) is 0 Å². The lowest BCUT2D eigenvalue weighted by atomic mass is 9.66. The minimum atomic E-state index is 0.388. The van der Waals surface area contributed by atoms with Crippen LogP contribution >= 0.6 is 0 Å². The molecule has 0 aliphatic heterocycles. The van der Waals surface area contributed by atoms with Gasteiger partial charge in [0.05, 0.1) is 0 Å². The minimum Gasteiger partial charge on any atom is -0.330 e. The smallest absolute Gasteiger partial charge is 0.00905 e. The molecule has 12 unspecified atom stereocenters. The molecule has 0 aromatic carbocycles. The molecule has 510 valence electrons. The van der Waals surface area contributed by atoms with Crippen LogP contribution in [0.3, 0.4) is 0 Å². The van der Waals surface area contributed by atoms with Gasteiger partial charge in [0.15, 0.2) is 0 Å². The molecule has 0 aromatic rings. The Bertz CT molecular complexity index is 1350. The van der Waals surface area contributed by atoms with Crippen LogP contribution in [0.4, 0.5) is 0 Å².